The zero-order valence-electron chi connectivity index (χ0n) is 20.1. The van der Waals surface area contributed by atoms with E-state index < -0.39 is 0 Å². The Morgan fingerprint density at radius 2 is 1.30 bits per heavy atom. The number of ether oxygens (including phenoxy) is 1. The number of hydrogen-bond acceptors (Lipinski definition) is 2. The number of aliphatic hydroxyl groups is 1. The maximum Gasteiger partial charge on any atom is 0.119 e. The Hall–Kier alpha value is -3.10. The fourth-order valence-electron chi connectivity index (χ4n) is 3.50. The molecule has 0 aliphatic heterocycles. The number of para-hydroxylation sites is 1. The highest BCUT2D eigenvalue weighted by atomic mass is 16.5. The molecule has 1 N–H and O–H groups in total. The summed E-state index contributed by atoms with van der Waals surface area (Å²) in [4.78, 5) is 0. The first kappa shape index (κ1) is 26.2. The standard InChI is InChI=1S/C12H12.C11H16.C8H10O2/c1-2-10-7-5-8-11-6-3-4-9-12(10)11;1-2-3-5-8-11-9-6-4-7-10-11;9-6-7-10-8-4-2-1-3-5-8/h3-9H,2H2,1H3;4,6-7,9-10H,2-3,5,8H2,1H3;1-5,9H,6-7H2. The number of aliphatic hydroxyl groups excluding tert-OH is 1. The summed E-state index contributed by atoms with van der Waals surface area (Å²) in [5.74, 6) is 0.802. The summed E-state index contributed by atoms with van der Waals surface area (Å²) in [5.41, 5.74) is 2.91. The fraction of sp³-hybridized carbons (Fsp3) is 0.290. The maximum absolute atomic E-state index is 8.40. The predicted octanol–water partition coefficient (Wildman–Crippen LogP) is 7.88. The molecule has 0 saturated heterocycles. The largest absolute Gasteiger partial charge is 0.491 e. The summed E-state index contributed by atoms with van der Waals surface area (Å²) in [6.07, 6.45) is 6.36. The molecule has 0 atom stereocenters. The molecule has 0 aliphatic rings. The molecule has 2 heteroatoms. The monoisotopic (exact) mass is 442 g/mol. The predicted molar refractivity (Wildman–Crippen MR) is 142 cm³/mol. The second-order valence-corrected chi connectivity index (χ2v) is 7.82. The first-order chi connectivity index (χ1) is 16.3. The Morgan fingerprint density at radius 3 is 1.97 bits per heavy atom. The van der Waals surface area contributed by atoms with Crippen LogP contribution in [0.15, 0.2) is 103 Å². The van der Waals surface area contributed by atoms with E-state index in [1.54, 1.807) is 0 Å². The van der Waals surface area contributed by atoms with Gasteiger partial charge in [0.1, 0.15) is 12.4 Å². The highest BCUT2D eigenvalue weighted by molar-refractivity contribution is 5.85. The lowest BCUT2D eigenvalue weighted by Gasteiger charge is -2.02. The number of rotatable bonds is 8. The van der Waals surface area contributed by atoms with Gasteiger partial charge in [-0.15, -0.1) is 0 Å². The van der Waals surface area contributed by atoms with Gasteiger partial charge in [-0.3, -0.25) is 0 Å². The van der Waals surface area contributed by atoms with E-state index in [2.05, 4.69) is 86.6 Å². The third-order valence-electron chi connectivity index (χ3n) is 5.28. The van der Waals surface area contributed by atoms with E-state index in [4.69, 9.17) is 9.84 Å². The SMILES string of the molecule is CCCCCc1ccccc1.CCc1cccc2ccccc12.OCCOc1ccccc1. The third kappa shape index (κ3) is 10.4. The highest BCUT2D eigenvalue weighted by Crippen LogP contribution is 2.18. The van der Waals surface area contributed by atoms with Crippen LogP contribution in [0.2, 0.25) is 0 Å². The Bertz CT molecular complexity index is 992. The molecule has 4 aromatic rings. The van der Waals surface area contributed by atoms with Crippen LogP contribution >= 0.6 is 0 Å². The van der Waals surface area contributed by atoms with Crippen LogP contribution in [0.1, 0.15) is 44.2 Å². The molecule has 0 spiro atoms. The molecule has 0 unspecified atom stereocenters. The lowest BCUT2D eigenvalue weighted by molar-refractivity contribution is 0.201. The molecular formula is C31H38O2. The van der Waals surface area contributed by atoms with Crippen molar-refractivity contribution >= 4 is 10.8 Å². The molecule has 174 valence electrons. The van der Waals surface area contributed by atoms with Crippen molar-refractivity contribution in [1.29, 1.82) is 0 Å². The second kappa shape index (κ2) is 16.5. The van der Waals surface area contributed by atoms with Crippen molar-refractivity contribution in [2.24, 2.45) is 0 Å². The lowest BCUT2D eigenvalue weighted by atomic mass is 10.0. The average Bonchev–Trinajstić information content (AvgIpc) is 2.89. The molecule has 0 bridgehead atoms. The van der Waals surface area contributed by atoms with Crippen LogP contribution < -0.4 is 4.74 Å². The van der Waals surface area contributed by atoms with Gasteiger partial charge < -0.3 is 9.84 Å². The molecule has 0 aliphatic carbocycles. The van der Waals surface area contributed by atoms with Crippen LogP contribution in [-0.2, 0) is 12.8 Å². The number of unbranched alkanes of at least 4 members (excludes halogenated alkanes) is 2. The van der Waals surface area contributed by atoms with Crippen molar-refractivity contribution in [3.05, 3.63) is 114 Å². The quantitative estimate of drug-likeness (QED) is 0.281. The minimum atomic E-state index is 0.0644. The van der Waals surface area contributed by atoms with Gasteiger partial charge in [0, 0.05) is 0 Å². The van der Waals surface area contributed by atoms with Crippen LogP contribution in [-0.4, -0.2) is 18.3 Å². The maximum atomic E-state index is 8.40. The van der Waals surface area contributed by atoms with Gasteiger partial charge in [-0.2, -0.15) is 0 Å². The minimum Gasteiger partial charge on any atom is -0.491 e. The van der Waals surface area contributed by atoms with Crippen molar-refractivity contribution in [3.63, 3.8) is 0 Å². The average molecular weight is 443 g/mol. The molecule has 2 nitrogen and oxygen atoms in total. The summed E-state index contributed by atoms with van der Waals surface area (Å²) in [5, 5.41) is 11.1. The van der Waals surface area contributed by atoms with Gasteiger partial charge in [0.05, 0.1) is 6.61 Å². The Kier molecular flexibility index (Phi) is 13.1. The minimum absolute atomic E-state index is 0.0644. The van der Waals surface area contributed by atoms with Crippen molar-refractivity contribution in [1.82, 2.24) is 0 Å². The first-order valence-corrected chi connectivity index (χ1v) is 12.1. The Balaban J connectivity index is 0.000000176. The fourth-order valence-corrected chi connectivity index (χ4v) is 3.50. The van der Waals surface area contributed by atoms with Crippen LogP contribution in [0.5, 0.6) is 5.75 Å². The molecule has 33 heavy (non-hydrogen) atoms. The van der Waals surface area contributed by atoms with Crippen LogP contribution in [0.3, 0.4) is 0 Å². The summed E-state index contributed by atoms with van der Waals surface area (Å²) in [6, 6.07) is 35.2. The molecule has 4 aromatic carbocycles. The van der Waals surface area contributed by atoms with Gasteiger partial charge in [-0.25, -0.2) is 0 Å². The number of benzene rings is 4. The van der Waals surface area contributed by atoms with E-state index in [0.717, 1.165) is 12.2 Å². The Labute approximate surface area is 199 Å². The summed E-state index contributed by atoms with van der Waals surface area (Å²) in [6.45, 7) is 4.87. The molecule has 0 radical (unpaired) electrons. The zero-order valence-corrected chi connectivity index (χ0v) is 20.1. The third-order valence-corrected chi connectivity index (χ3v) is 5.28. The van der Waals surface area contributed by atoms with Gasteiger partial charge in [-0.1, -0.05) is 118 Å². The van der Waals surface area contributed by atoms with Gasteiger partial charge in [0.2, 0.25) is 0 Å². The van der Waals surface area contributed by atoms with E-state index in [1.807, 2.05) is 30.3 Å². The van der Waals surface area contributed by atoms with Crippen molar-refractivity contribution in [2.45, 2.75) is 46.0 Å². The molecule has 0 amide bonds. The first-order valence-electron chi connectivity index (χ1n) is 12.1. The molecule has 0 saturated carbocycles. The van der Waals surface area contributed by atoms with Crippen molar-refractivity contribution < 1.29 is 9.84 Å². The van der Waals surface area contributed by atoms with Gasteiger partial charge in [0.15, 0.2) is 0 Å². The number of hydrogen-bond donors (Lipinski definition) is 1. The van der Waals surface area contributed by atoms with Crippen molar-refractivity contribution in [2.75, 3.05) is 13.2 Å². The van der Waals surface area contributed by atoms with Crippen LogP contribution in [0.25, 0.3) is 10.8 Å². The second-order valence-electron chi connectivity index (χ2n) is 7.82. The molecule has 4 rings (SSSR count). The number of aryl methyl sites for hydroxylation is 2. The van der Waals surface area contributed by atoms with E-state index in [9.17, 15) is 0 Å². The zero-order chi connectivity index (χ0) is 23.6. The number of fused-ring (bicyclic) bond motifs is 1. The van der Waals surface area contributed by atoms with E-state index in [1.165, 1.54) is 47.6 Å². The van der Waals surface area contributed by atoms with Crippen LogP contribution in [0, 0.1) is 0 Å². The molecule has 0 heterocycles. The van der Waals surface area contributed by atoms with Gasteiger partial charge in [0.25, 0.3) is 0 Å². The molecule has 0 fully saturated rings. The summed E-state index contributed by atoms with van der Waals surface area (Å²) in [7, 11) is 0. The lowest BCUT2D eigenvalue weighted by Crippen LogP contribution is -2.00. The smallest absolute Gasteiger partial charge is 0.119 e. The summed E-state index contributed by atoms with van der Waals surface area (Å²) < 4.78 is 5.11. The van der Waals surface area contributed by atoms with E-state index >= 15 is 0 Å². The van der Waals surface area contributed by atoms with Crippen LogP contribution in [0.4, 0.5) is 0 Å². The Morgan fingerprint density at radius 1 is 0.667 bits per heavy atom. The van der Waals surface area contributed by atoms with E-state index in [-0.39, 0.29) is 6.61 Å². The highest BCUT2D eigenvalue weighted by Gasteiger charge is 1.95. The topological polar surface area (TPSA) is 29.5 Å². The van der Waals surface area contributed by atoms with E-state index in [0.29, 0.717) is 6.61 Å². The summed E-state index contributed by atoms with van der Waals surface area (Å²) >= 11 is 0. The molecular weight excluding hydrogens is 404 g/mol. The van der Waals surface area contributed by atoms with Gasteiger partial charge >= 0.3 is 0 Å². The molecule has 0 aromatic heterocycles. The van der Waals surface area contributed by atoms with Crippen molar-refractivity contribution in [3.8, 4) is 5.75 Å². The van der Waals surface area contributed by atoms with Gasteiger partial charge in [-0.05, 0) is 53.3 Å². The normalized spacial score (nSPS) is 9.91.